The summed E-state index contributed by atoms with van der Waals surface area (Å²) >= 11 is 0. The Hall–Kier alpha value is -1.79. The van der Waals surface area contributed by atoms with E-state index in [9.17, 15) is 8.42 Å². The van der Waals surface area contributed by atoms with Gasteiger partial charge in [-0.3, -0.25) is 9.30 Å². The Morgan fingerprint density at radius 2 is 2.00 bits per heavy atom. The lowest BCUT2D eigenvalue weighted by molar-refractivity contribution is 0.105. The summed E-state index contributed by atoms with van der Waals surface area (Å²) in [4.78, 5) is 4.13. The molecule has 0 radical (unpaired) electrons. The smallest absolute Gasteiger partial charge is 0.236 e. The number of halogens is 1. The zero-order valence-corrected chi connectivity index (χ0v) is 20.2. The predicted molar refractivity (Wildman–Crippen MR) is 129 cm³/mol. The summed E-state index contributed by atoms with van der Waals surface area (Å²) in [5.74, 6) is 1.39. The molecule has 0 atom stereocenters. The standard InChI is InChI=1S/C20H28N4O4S.HI/c1-21-20(22-10-5-13-27-16-18-7-4-14-28-18)23-11-15-29(25,26)24-12-9-17-6-2-3-8-19(17)24;/h2-4,6-8,14H,5,9-13,15-16H2,1H3,(H2,21,22,23);1H. The zero-order chi connectivity index (χ0) is 20.5. The summed E-state index contributed by atoms with van der Waals surface area (Å²) in [5.41, 5.74) is 1.88. The second-order valence-electron chi connectivity index (χ2n) is 6.68. The van der Waals surface area contributed by atoms with Crippen molar-refractivity contribution in [3.05, 3.63) is 54.0 Å². The highest BCUT2D eigenvalue weighted by atomic mass is 127. The van der Waals surface area contributed by atoms with Gasteiger partial charge in [0.25, 0.3) is 0 Å². The molecular formula is C20H29IN4O4S. The first-order valence-electron chi connectivity index (χ1n) is 9.73. The maximum Gasteiger partial charge on any atom is 0.236 e. The molecule has 0 saturated carbocycles. The molecule has 1 aromatic heterocycles. The van der Waals surface area contributed by atoms with Gasteiger partial charge in [-0.15, -0.1) is 24.0 Å². The number of hydrogen-bond acceptors (Lipinski definition) is 5. The number of nitrogens with zero attached hydrogens (tertiary/aromatic N) is 2. The van der Waals surface area contributed by atoms with Crippen molar-refractivity contribution < 1.29 is 17.6 Å². The molecule has 0 unspecified atom stereocenters. The number of fused-ring (bicyclic) bond motifs is 1. The van der Waals surface area contributed by atoms with E-state index in [-0.39, 0.29) is 36.3 Å². The number of sulfonamides is 1. The van der Waals surface area contributed by atoms with Gasteiger partial charge in [0.05, 0.1) is 17.7 Å². The van der Waals surface area contributed by atoms with E-state index in [4.69, 9.17) is 9.15 Å². The zero-order valence-electron chi connectivity index (χ0n) is 17.0. The van der Waals surface area contributed by atoms with Gasteiger partial charge in [0.1, 0.15) is 12.4 Å². The summed E-state index contributed by atoms with van der Waals surface area (Å²) in [6.07, 6.45) is 3.18. The van der Waals surface area contributed by atoms with Gasteiger partial charge in [0, 0.05) is 33.3 Å². The van der Waals surface area contributed by atoms with E-state index < -0.39 is 10.0 Å². The number of benzene rings is 1. The van der Waals surface area contributed by atoms with Gasteiger partial charge in [0.15, 0.2) is 5.96 Å². The van der Waals surface area contributed by atoms with Crippen molar-refractivity contribution in [2.24, 2.45) is 4.99 Å². The molecule has 2 N–H and O–H groups in total. The van der Waals surface area contributed by atoms with Crippen molar-refractivity contribution in [3.8, 4) is 0 Å². The fourth-order valence-corrected chi connectivity index (χ4v) is 4.60. The highest BCUT2D eigenvalue weighted by Crippen LogP contribution is 2.29. The molecule has 3 rings (SSSR count). The molecule has 10 heteroatoms. The molecular weight excluding hydrogens is 519 g/mol. The minimum absolute atomic E-state index is 0. The lowest BCUT2D eigenvalue weighted by Gasteiger charge is -2.20. The SMILES string of the molecule is CN=C(NCCCOCc1ccco1)NCCS(=O)(=O)N1CCc2ccccc21.I. The molecule has 8 nitrogen and oxygen atoms in total. The van der Waals surface area contributed by atoms with Gasteiger partial charge < -0.3 is 19.8 Å². The molecule has 166 valence electrons. The van der Waals surface area contributed by atoms with Crippen molar-refractivity contribution in [2.75, 3.05) is 43.3 Å². The van der Waals surface area contributed by atoms with Crippen LogP contribution in [0.4, 0.5) is 5.69 Å². The van der Waals surface area contributed by atoms with E-state index in [1.165, 1.54) is 4.31 Å². The summed E-state index contributed by atoms with van der Waals surface area (Å²) in [5, 5.41) is 6.23. The summed E-state index contributed by atoms with van der Waals surface area (Å²) in [7, 11) is -1.71. The highest BCUT2D eigenvalue weighted by Gasteiger charge is 2.28. The number of nitrogens with one attached hydrogen (secondary N) is 2. The Morgan fingerprint density at radius 1 is 1.20 bits per heavy atom. The topological polar surface area (TPSA) is 96.2 Å². The maximum atomic E-state index is 12.7. The van der Waals surface area contributed by atoms with E-state index in [1.54, 1.807) is 13.3 Å². The van der Waals surface area contributed by atoms with Gasteiger partial charge in [-0.1, -0.05) is 18.2 Å². The molecule has 2 heterocycles. The molecule has 2 aromatic rings. The quantitative estimate of drug-likeness (QED) is 0.205. The number of guanidine groups is 1. The molecule has 0 saturated heterocycles. The van der Waals surface area contributed by atoms with Crippen molar-refractivity contribution in [2.45, 2.75) is 19.4 Å². The van der Waals surface area contributed by atoms with Crippen LogP contribution in [-0.4, -0.2) is 53.4 Å². The van der Waals surface area contributed by atoms with E-state index in [0.29, 0.717) is 32.3 Å². The van der Waals surface area contributed by atoms with Gasteiger partial charge in [-0.25, -0.2) is 8.42 Å². The molecule has 0 spiro atoms. The normalized spacial score (nSPS) is 13.6. The summed E-state index contributed by atoms with van der Waals surface area (Å²) in [6, 6.07) is 11.4. The van der Waals surface area contributed by atoms with E-state index >= 15 is 0 Å². The molecule has 1 aromatic carbocycles. The third-order valence-corrected chi connectivity index (χ3v) is 6.41. The number of anilines is 1. The summed E-state index contributed by atoms with van der Waals surface area (Å²) < 4.78 is 37.6. The van der Waals surface area contributed by atoms with Crippen LogP contribution in [0.2, 0.25) is 0 Å². The fourth-order valence-electron chi connectivity index (χ4n) is 3.17. The lowest BCUT2D eigenvalue weighted by Crippen LogP contribution is -2.42. The molecule has 0 amide bonds. The Labute approximate surface area is 195 Å². The third kappa shape index (κ3) is 6.88. The molecule has 0 bridgehead atoms. The van der Waals surface area contributed by atoms with Crippen LogP contribution < -0.4 is 14.9 Å². The van der Waals surface area contributed by atoms with E-state index in [1.807, 2.05) is 36.4 Å². The van der Waals surface area contributed by atoms with E-state index in [2.05, 4.69) is 15.6 Å². The van der Waals surface area contributed by atoms with Crippen molar-refractivity contribution in [1.29, 1.82) is 0 Å². The highest BCUT2D eigenvalue weighted by molar-refractivity contribution is 14.0. The van der Waals surface area contributed by atoms with Crippen LogP contribution >= 0.6 is 24.0 Å². The first-order valence-corrected chi connectivity index (χ1v) is 11.3. The van der Waals surface area contributed by atoms with Gasteiger partial charge in [0.2, 0.25) is 10.0 Å². The van der Waals surface area contributed by atoms with Crippen molar-refractivity contribution in [3.63, 3.8) is 0 Å². The van der Waals surface area contributed by atoms with Crippen LogP contribution in [0.15, 0.2) is 52.1 Å². The Bertz CT molecular complexity index is 903. The minimum atomic E-state index is -3.37. The number of ether oxygens (including phenoxy) is 1. The molecule has 0 fully saturated rings. The number of furan rings is 1. The Kier molecular flexibility index (Phi) is 9.92. The molecule has 1 aliphatic rings. The fraction of sp³-hybridized carbons (Fsp3) is 0.450. The summed E-state index contributed by atoms with van der Waals surface area (Å²) in [6.45, 7) is 2.51. The van der Waals surface area contributed by atoms with Crippen LogP contribution in [0.25, 0.3) is 0 Å². The van der Waals surface area contributed by atoms with Gasteiger partial charge in [-0.2, -0.15) is 0 Å². The maximum absolute atomic E-state index is 12.7. The van der Waals surface area contributed by atoms with Gasteiger partial charge in [-0.05, 0) is 36.6 Å². The van der Waals surface area contributed by atoms with Crippen LogP contribution in [0, 0.1) is 0 Å². The molecule has 0 aliphatic carbocycles. The van der Waals surface area contributed by atoms with Crippen LogP contribution in [-0.2, 0) is 27.8 Å². The van der Waals surface area contributed by atoms with Crippen LogP contribution in [0.1, 0.15) is 17.7 Å². The average Bonchev–Trinajstić information content (AvgIpc) is 3.39. The Morgan fingerprint density at radius 3 is 2.77 bits per heavy atom. The second kappa shape index (κ2) is 12.2. The average molecular weight is 548 g/mol. The van der Waals surface area contributed by atoms with Crippen molar-refractivity contribution >= 4 is 45.6 Å². The first-order chi connectivity index (χ1) is 14.1. The second-order valence-corrected chi connectivity index (χ2v) is 8.69. The largest absolute Gasteiger partial charge is 0.467 e. The van der Waals surface area contributed by atoms with Crippen LogP contribution in [0.3, 0.4) is 0 Å². The third-order valence-electron chi connectivity index (χ3n) is 4.64. The van der Waals surface area contributed by atoms with E-state index in [0.717, 1.165) is 29.9 Å². The predicted octanol–water partition coefficient (Wildman–Crippen LogP) is 2.36. The molecule has 1 aliphatic heterocycles. The Balaban J connectivity index is 0.00000320. The molecule has 30 heavy (non-hydrogen) atoms. The number of para-hydroxylation sites is 1. The van der Waals surface area contributed by atoms with Crippen molar-refractivity contribution in [1.82, 2.24) is 10.6 Å². The van der Waals surface area contributed by atoms with Gasteiger partial charge >= 0.3 is 0 Å². The minimum Gasteiger partial charge on any atom is -0.467 e. The lowest BCUT2D eigenvalue weighted by atomic mass is 10.2. The number of hydrogen-bond donors (Lipinski definition) is 2. The number of aliphatic imine (C=N–C) groups is 1. The monoisotopic (exact) mass is 548 g/mol. The first kappa shape index (κ1) is 24.5. The number of rotatable bonds is 10. The van der Waals surface area contributed by atoms with Crippen LogP contribution in [0.5, 0.6) is 0 Å².